The van der Waals surface area contributed by atoms with Crippen LogP contribution in [0.3, 0.4) is 0 Å². The number of carbonyl (C=O) groups excluding carboxylic acids is 1. The van der Waals surface area contributed by atoms with E-state index in [1.807, 2.05) is 13.8 Å². The standard InChI is InChI=1S/C9H17N5O2/c1-4-11-6(3)8-13-14-9(16-8)12-5(2)7(10)15/h5-6,11H,4H2,1-3H3,(H2,10,15)(H,12,14). The molecule has 0 spiro atoms. The minimum absolute atomic E-state index is 0.0167. The van der Waals surface area contributed by atoms with Crippen molar-refractivity contribution in [2.75, 3.05) is 11.9 Å². The molecule has 0 radical (unpaired) electrons. The van der Waals surface area contributed by atoms with Crippen LogP contribution in [-0.2, 0) is 4.79 Å². The van der Waals surface area contributed by atoms with Gasteiger partial charge in [-0.15, -0.1) is 5.10 Å². The largest absolute Gasteiger partial charge is 0.406 e. The van der Waals surface area contributed by atoms with Gasteiger partial charge in [0.2, 0.25) is 11.8 Å². The average molecular weight is 227 g/mol. The van der Waals surface area contributed by atoms with E-state index in [0.717, 1.165) is 6.54 Å². The highest BCUT2D eigenvalue weighted by molar-refractivity contribution is 5.81. The predicted octanol–water partition coefficient (Wildman–Crippen LogP) is 0.0258. The fourth-order valence-corrected chi connectivity index (χ4v) is 1.12. The number of nitrogens with two attached hydrogens (primary N) is 1. The first-order valence-electron chi connectivity index (χ1n) is 5.17. The molecule has 2 atom stereocenters. The van der Waals surface area contributed by atoms with E-state index in [1.165, 1.54) is 0 Å². The maximum Gasteiger partial charge on any atom is 0.316 e. The summed E-state index contributed by atoms with van der Waals surface area (Å²) in [4.78, 5) is 10.8. The van der Waals surface area contributed by atoms with E-state index in [1.54, 1.807) is 6.92 Å². The maximum atomic E-state index is 10.8. The van der Waals surface area contributed by atoms with Crippen LogP contribution in [-0.4, -0.2) is 28.7 Å². The summed E-state index contributed by atoms with van der Waals surface area (Å²) in [6.45, 7) is 6.34. The molecule has 0 aliphatic carbocycles. The van der Waals surface area contributed by atoms with Crippen molar-refractivity contribution >= 4 is 11.9 Å². The molecular weight excluding hydrogens is 210 g/mol. The van der Waals surface area contributed by atoms with E-state index in [0.29, 0.717) is 5.89 Å². The summed E-state index contributed by atoms with van der Waals surface area (Å²) in [6.07, 6.45) is 0. The smallest absolute Gasteiger partial charge is 0.316 e. The third kappa shape index (κ3) is 3.20. The van der Waals surface area contributed by atoms with Crippen molar-refractivity contribution in [2.45, 2.75) is 32.9 Å². The zero-order valence-electron chi connectivity index (χ0n) is 9.65. The Labute approximate surface area is 93.8 Å². The van der Waals surface area contributed by atoms with Crippen LogP contribution in [0.15, 0.2) is 4.42 Å². The second-order valence-corrected chi connectivity index (χ2v) is 3.49. The highest BCUT2D eigenvalue weighted by atomic mass is 16.4. The molecule has 2 unspecified atom stereocenters. The molecule has 1 rings (SSSR count). The summed E-state index contributed by atoms with van der Waals surface area (Å²) < 4.78 is 5.32. The van der Waals surface area contributed by atoms with Crippen molar-refractivity contribution < 1.29 is 9.21 Å². The maximum absolute atomic E-state index is 10.8. The van der Waals surface area contributed by atoms with Crippen LogP contribution in [0.2, 0.25) is 0 Å². The van der Waals surface area contributed by atoms with Crippen molar-refractivity contribution in [3.05, 3.63) is 5.89 Å². The van der Waals surface area contributed by atoms with Gasteiger partial charge in [0.15, 0.2) is 0 Å². The highest BCUT2D eigenvalue weighted by Crippen LogP contribution is 2.13. The van der Waals surface area contributed by atoms with E-state index >= 15 is 0 Å². The number of hydrogen-bond donors (Lipinski definition) is 3. The van der Waals surface area contributed by atoms with Crippen molar-refractivity contribution in [3.63, 3.8) is 0 Å². The Hall–Kier alpha value is -1.63. The zero-order valence-corrected chi connectivity index (χ0v) is 9.65. The third-order valence-corrected chi connectivity index (χ3v) is 2.09. The number of nitrogens with one attached hydrogen (secondary N) is 2. The van der Waals surface area contributed by atoms with Gasteiger partial charge in [-0.3, -0.25) is 4.79 Å². The van der Waals surface area contributed by atoms with Crippen LogP contribution in [0.1, 0.15) is 32.7 Å². The summed E-state index contributed by atoms with van der Waals surface area (Å²) in [5, 5.41) is 13.5. The first-order chi connectivity index (χ1) is 7.54. The summed E-state index contributed by atoms with van der Waals surface area (Å²) in [7, 11) is 0. The van der Waals surface area contributed by atoms with Gasteiger partial charge >= 0.3 is 6.01 Å². The molecule has 16 heavy (non-hydrogen) atoms. The monoisotopic (exact) mass is 227 g/mol. The Morgan fingerprint density at radius 3 is 2.75 bits per heavy atom. The lowest BCUT2D eigenvalue weighted by atomic mass is 10.3. The molecule has 0 aliphatic heterocycles. The molecule has 1 amide bonds. The molecule has 90 valence electrons. The second-order valence-electron chi connectivity index (χ2n) is 3.49. The molecule has 0 aromatic carbocycles. The molecule has 0 saturated heterocycles. The van der Waals surface area contributed by atoms with Gasteiger partial charge in [0.25, 0.3) is 0 Å². The highest BCUT2D eigenvalue weighted by Gasteiger charge is 2.15. The number of hydrogen-bond acceptors (Lipinski definition) is 6. The minimum atomic E-state index is -0.539. The van der Waals surface area contributed by atoms with Crippen LogP contribution >= 0.6 is 0 Å². The number of aromatic nitrogens is 2. The van der Waals surface area contributed by atoms with E-state index in [2.05, 4.69) is 20.8 Å². The zero-order chi connectivity index (χ0) is 12.1. The number of carbonyl (C=O) groups is 1. The normalized spacial score (nSPS) is 14.4. The van der Waals surface area contributed by atoms with Crippen LogP contribution in [0.5, 0.6) is 0 Å². The van der Waals surface area contributed by atoms with Crippen molar-refractivity contribution in [2.24, 2.45) is 5.73 Å². The molecule has 0 saturated carbocycles. The van der Waals surface area contributed by atoms with E-state index < -0.39 is 11.9 Å². The van der Waals surface area contributed by atoms with Gasteiger partial charge in [0.05, 0.1) is 6.04 Å². The molecule has 0 aliphatic rings. The van der Waals surface area contributed by atoms with E-state index in [4.69, 9.17) is 10.2 Å². The van der Waals surface area contributed by atoms with Gasteiger partial charge in [-0.25, -0.2) is 0 Å². The van der Waals surface area contributed by atoms with Crippen molar-refractivity contribution in [1.29, 1.82) is 0 Å². The molecule has 1 heterocycles. The molecule has 4 N–H and O–H groups in total. The fourth-order valence-electron chi connectivity index (χ4n) is 1.12. The van der Waals surface area contributed by atoms with Gasteiger partial charge in [-0.2, -0.15) is 0 Å². The Balaban J connectivity index is 2.61. The Kier molecular flexibility index (Phi) is 4.24. The predicted molar refractivity (Wildman–Crippen MR) is 58.7 cm³/mol. The topological polar surface area (TPSA) is 106 Å². The number of amides is 1. The van der Waals surface area contributed by atoms with Crippen LogP contribution in [0.4, 0.5) is 6.01 Å². The molecule has 0 bridgehead atoms. The quantitative estimate of drug-likeness (QED) is 0.633. The lowest BCUT2D eigenvalue weighted by molar-refractivity contribution is -0.118. The summed E-state index contributed by atoms with van der Waals surface area (Å²) in [6, 6.07) is -0.356. The number of anilines is 1. The Bertz CT molecular complexity index is 351. The average Bonchev–Trinajstić information content (AvgIpc) is 2.66. The summed E-state index contributed by atoms with van der Waals surface area (Å²) >= 11 is 0. The van der Waals surface area contributed by atoms with Gasteiger partial charge in [0.1, 0.15) is 6.04 Å². The Morgan fingerprint density at radius 2 is 2.19 bits per heavy atom. The van der Waals surface area contributed by atoms with E-state index in [-0.39, 0.29) is 12.1 Å². The third-order valence-electron chi connectivity index (χ3n) is 2.09. The molecule has 7 nitrogen and oxygen atoms in total. The molecule has 1 aromatic rings. The SMILES string of the molecule is CCNC(C)c1nnc(NC(C)C(N)=O)o1. The van der Waals surface area contributed by atoms with Crippen LogP contribution in [0.25, 0.3) is 0 Å². The lowest BCUT2D eigenvalue weighted by Crippen LogP contribution is -2.32. The first kappa shape index (κ1) is 12.4. The Morgan fingerprint density at radius 1 is 1.50 bits per heavy atom. The van der Waals surface area contributed by atoms with Gasteiger partial charge in [-0.05, 0) is 20.4 Å². The van der Waals surface area contributed by atoms with Gasteiger partial charge in [0, 0.05) is 0 Å². The minimum Gasteiger partial charge on any atom is -0.406 e. The second kappa shape index (κ2) is 5.45. The number of nitrogens with zero attached hydrogens (tertiary/aromatic N) is 2. The fraction of sp³-hybridized carbons (Fsp3) is 0.667. The van der Waals surface area contributed by atoms with Crippen LogP contribution < -0.4 is 16.4 Å². The van der Waals surface area contributed by atoms with Crippen molar-refractivity contribution in [3.8, 4) is 0 Å². The first-order valence-corrected chi connectivity index (χ1v) is 5.17. The van der Waals surface area contributed by atoms with Gasteiger partial charge < -0.3 is 20.8 Å². The van der Waals surface area contributed by atoms with Gasteiger partial charge in [-0.1, -0.05) is 12.0 Å². The van der Waals surface area contributed by atoms with E-state index in [9.17, 15) is 4.79 Å². The summed E-state index contributed by atoms with van der Waals surface area (Å²) in [5.41, 5.74) is 5.09. The molecule has 1 aromatic heterocycles. The number of primary amides is 1. The summed E-state index contributed by atoms with van der Waals surface area (Å²) in [5.74, 6) is 0.000465. The molecule has 7 heteroatoms. The molecule has 0 fully saturated rings. The number of rotatable bonds is 6. The van der Waals surface area contributed by atoms with Crippen LogP contribution in [0, 0.1) is 0 Å². The molecular formula is C9H17N5O2. The van der Waals surface area contributed by atoms with Crippen molar-refractivity contribution in [1.82, 2.24) is 15.5 Å². The lowest BCUT2D eigenvalue weighted by Gasteiger charge is -2.07.